The van der Waals surface area contributed by atoms with Crippen LogP contribution in [0.4, 0.5) is 0 Å². The number of ether oxygens (including phenoxy) is 1. The lowest BCUT2D eigenvalue weighted by Crippen LogP contribution is -2.15. The van der Waals surface area contributed by atoms with Crippen molar-refractivity contribution in [1.82, 2.24) is 0 Å². The minimum Gasteiger partial charge on any atom is -0.490 e. The van der Waals surface area contributed by atoms with Gasteiger partial charge >= 0.3 is 0 Å². The summed E-state index contributed by atoms with van der Waals surface area (Å²) < 4.78 is 6.81. The Morgan fingerprint density at radius 1 is 1.38 bits per heavy atom. The smallest absolute Gasteiger partial charge is 0.133 e. The van der Waals surface area contributed by atoms with E-state index in [4.69, 9.17) is 4.74 Å². The molecule has 16 heavy (non-hydrogen) atoms. The number of hydrogen-bond donors (Lipinski definition) is 0. The third-order valence-electron chi connectivity index (χ3n) is 2.32. The molecule has 1 aromatic carbocycles. The zero-order valence-electron chi connectivity index (χ0n) is 10.1. The third-order valence-corrected chi connectivity index (χ3v) is 3.57. The van der Waals surface area contributed by atoms with Crippen molar-refractivity contribution < 1.29 is 9.53 Å². The predicted octanol–water partition coefficient (Wildman–Crippen LogP) is 3.81. The maximum absolute atomic E-state index is 10.9. The van der Waals surface area contributed by atoms with Gasteiger partial charge in [0.25, 0.3) is 0 Å². The number of rotatable bonds is 4. The largest absolute Gasteiger partial charge is 0.490 e. The van der Waals surface area contributed by atoms with Crippen molar-refractivity contribution in [3.63, 3.8) is 0 Å². The molecule has 1 rings (SSSR count). The topological polar surface area (TPSA) is 26.3 Å². The molecule has 0 heterocycles. The Morgan fingerprint density at radius 2 is 1.88 bits per heavy atom. The van der Waals surface area contributed by atoms with Crippen molar-refractivity contribution in [2.75, 3.05) is 0 Å². The molecular weight excluding hydrogens is 268 g/mol. The summed E-state index contributed by atoms with van der Waals surface area (Å²) in [5, 5.41) is 0. The summed E-state index contributed by atoms with van der Waals surface area (Å²) in [4.78, 5) is 10.9. The SMILES string of the molecule is CC(=O)CC(C)Oc1cc(C)c(Br)c(C)c1. The zero-order valence-corrected chi connectivity index (χ0v) is 11.7. The molecule has 0 amide bonds. The minimum absolute atomic E-state index is 0.0718. The van der Waals surface area contributed by atoms with Gasteiger partial charge in [0.15, 0.2) is 0 Å². The van der Waals surface area contributed by atoms with E-state index >= 15 is 0 Å². The molecule has 0 aliphatic heterocycles. The van der Waals surface area contributed by atoms with E-state index in [1.165, 1.54) is 0 Å². The molecule has 1 unspecified atom stereocenters. The van der Waals surface area contributed by atoms with E-state index in [1.807, 2.05) is 32.9 Å². The number of carbonyl (C=O) groups is 1. The van der Waals surface area contributed by atoms with Gasteiger partial charge in [-0.05, 0) is 51.0 Å². The molecule has 0 aliphatic rings. The molecular formula is C13H17BrO2. The molecule has 0 saturated carbocycles. The molecule has 0 aliphatic carbocycles. The number of carbonyl (C=O) groups excluding carboxylic acids is 1. The second kappa shape index (κ2) is 5.48. The fourth-order valence-corrected chi connectivity index (χ4v) is 1.88. The molecule has 88 valence electrons. The van der Waals surface area contributed by atoms with Gasteiger partial charge in [-0.3, -0.25) is 4.79 Å². The Kier molecular flexibility index (Phi) is 4.54. The summed E-state index contributed by atoms with van der Waals surface area (Å²) in [6.45, 7) is 7.55. The number of halogens is 1. The molecule has 0 fully saturated rings. The summed E-state index contributed by atoms with van der Waals surface area (Å²) in [7, 11) is 0. The maximum atomic E-state index is 10.9. The van der Waals surface area contributed by atoms with Crippen molar-refractivity contribution in [2.24, 2.45) is 0 Å². The van der Waals surface area contributed by atoms with Gasteiger partial charge in [-0.15, -0.1) is 0 Å². The van der Waals surface area contributed by atoms with Gasteiger partial charge in [0.05, 0.1) is 0 Å². The fourth-order valence-electron chi connectivity index (χ4n) is 1.65. The van der Waals surface area contributed by atoms with Crippen LogP contribution < -0.4 is 4.74 Å². The van der Waals surface area contributed by atoms with Crippen LogP contribution >= 0.6 is 15.9 Å². The van der Waals surface area contributed by atoms with Crippen LogP contribution in [0.15, 0.2) is 16.6 Å². The van der Waals surface area contributed by atoms with Gasteiger partial charge in [0, 0.05) is 10.9 Å². The first-order chi connectivity index (χ1) is 7.40. The van der Waals surface area contributed by atoms with Crippen LogP contribution in [0.3, 0.4) is 0 Å². The normalized spacial score (nSPS) is 12.3. The van der Waals surface area contributed by atoms with Crippen LogP contribution in [0.5, 0.6) is 5.75 Å². The molecule has 0 radical (unpaired) electrons. The van der Waals surface area contributed by atoms with Crippen LogP contribution in [0.1, 0.15) is 31.4 Å². The summed E-state index contributed by atoms with van der Waals surface area (Å²) in [6, 6.07) is 3.96. The summed E-state index contributed by atoms with van der Waals surface area (Å²) in [6.07, 6.45) is 0.381. The lowest BCUT2D eigenvalue weighted by Gasteiger charge is -2.15. The lowest BCUT2D eigenvalue weighted by atomic mass is 10.1. The maximum Gasteiger partial charge on any atom is 0.133 e. The average molecular weight is 285 g/mol. The van der Waals surface area contributed by atoms with Gasteiger partial charge in [-0.2, -0.15) is 0 Å². The molecule has 1 aromatic rings. The lowest BCUT2D eigenvalue weighted by molar-refractivity contribution is -0.118. The van der Waals surface area contributed by atoms with Crippen molar-refractivity contribution in [1.29, 1.82) is 0 Å². The van der Waals surface area contributed by atoms with E-state index in [0.717, 1.165) is 21.3 Å². The van der Waals surface area contributed by atoms with Crippen molar-refractivity contribution in [3.05, 3.63) is 27.7 Å². The van der Waals surface area contributed by atoms with Crippen molar-refractivity contribution >= 4 is 21.7 Å². The van der Waals surface area contributed by atoms with Gasteiger partial charge in [-0.1, -0.05) is 15.9 Å². The Balaban J connectivity index is 2.78. The second-order valence-electron chi connectivity index (χ2n) is 4.21. The van der Waals surface area contributed by atoms with E-state index in [2.05, 4.69) is 15.9 Å². The highest BCUT2D eigenvalue weighted by Crippen LogP contribution is 2.27. The standard InChI is InChI=1S/C13H17BrO2/c1-8-5-12(6-9(2)13(8)14)16-11(4)7-10(3)15/h5-6,11H,7H2,1-4H3. The first kappa shape index (κ1) is 13.2. The van der Waals surface area contributed by atoms with Gasteiger partial charge < -0.3 is 4.74 Å². The molecule has 0 spiro atoms. The van der Waals surface area contributed by atoms with E-state index in [9.17, 15) is 4.79 Å². The Bertz CT molecular complexity index is 376. The van der Waals surface area contributed by atoms with Crippen molar-refractivity contribution in [2.45, 2.75) is 40.2 Å². The molecule has 0 N–H and O–H groups in total. The van der Waals surface area contributed by atoms with Crippen LogP contribution in [-0.2, 0) is 4.79 Å². The Hall–Kier alpha value is -0.830. The van der Waals surface area contributed by atoms with Gasteiger partial charge in [0.2, 0.25) is 0 Å². The van der Waals surface area contributed by atoms with E-state index in [0.29, 0.717) is 6.42 Å². The van der Waals surface area contributed by atoms with Crippen molar-refractivity contribution in [3.8, 4) is 5.75 Å². The van der Waals surface area contributed by atoms with Gasteiger partial charge in [-0.25, -0.2) is 0 Å². The first-order valence-corrected chi connectivity index (χ1v) is 6.12. The molecule has 0 saturated heterocycles. The number of benzene rings is 1. The monoisotopic (exact) mass is 284 g/mol. The van der Waals surface area contributed by atoms with Crippen LogP contribution in [0.2, 0.25) is 0 Å². The predicted molar refractivity (Wildman–Crippen MR) is 69.0 cm³/mol. The van der Waals surface area contributed by atoms with E-state index in [-0.39, 0.29) is 11.9 Å². The molecule has 0 aromatic heterocycles. The zero-order chi connectivity index (χ0) is 12.3. The number of aryl methyl sites for hydroxylation is 2. The Labute approximate surface area is 105 Å². The number of ketones is 1. The summed E-state index contributed by atoms with van der Waals surface area (Å²) in [5.41, 5.74) is 2.29. The average Bonchev–Trinajstić information content (AvgIpc) is 2.12. The third kappa shape index (κ3) is 3.63. The van der Waals surface area contributed by atoms with E-state index in [1.54, 1.807) is 6.92 Å². The van der Waals surface area contributed by atoms with E-state index < -0.39 is 0 Å². The second-order valence-corrected chi connectivity index (χ2v) is 5.00. The molecule has 1 atom stereocenters. The highest BCUT2D eigenvalue weighted by atomic mass is 79.9. The first-order valence-electron chi connectivity index (χ1n) is 5.33. The van der Waals surface area contributed by atoms with Crippen LogP contribution in [0, 0.1) is 13.8 Å². The number of hydrogen-bond acceptors (Lipinski definition) is 2. The highest BCUT2D eigenvalue weighted by Gasteiger charge is 2.09. The molecule has 3 heteroatoms. The van der Waals surface area contributed by atoms with Crippen LogP contribution in [-0.4, -0.2) is 11.9 Å². The minimum atomic E-state index is -0.0718. The highest BCUT2D eigenvalue weighted by molar-refractivity contribution is 9.10. The summed E-state index contributed by atoms with van der Waals surface area (Å²) >= 11 is 3.51. The quantitative estimate of drug-likeness (QED) is 0.840. The fraction of sp³-hybridized carbons (Fsp3) is 0.462. The molecule has 0 bridgehead atoms. The Morgan fingerprint density at radius 3 is 2.31 bits per heavy atom. The molecule has 2 nitrogen and oxygen atoms in total. The number of Topliss-reactive ketones (excluding diaryl/α,β-unsaturated/α-hetero) is 1. The van der Waals surface area contributed by atoms with Gasteiger partial charge in [0.1, 0.15) is 17.6 Å². The summed E-state index contributed by atoms with van der Waals surface area (Å²) in [5.74, 6) is 0.977. The van der Waals surface area contributed by atoms with Crippen LogP contribution in [0.25, 0.3) is 0 Å².